The van der Waals surface area contributed by atoms with Gasteiger partial charge in [0.1, 0.15) is 6.61 Å². The second kappa shape index (κ2) is 7.08. The fourth-order valence-electron chi connectivity index (χ4n) is 4.90. The van der Waals surface area contributed by atoms with Crippen LogP contribution in [-0.4, -0.2) is 61.6 Å². The second-order valence-corrected chi connectivity index (χ2v) is 8.29. The first kappa shape index (κ1) is 17.0. The lowest BCUT2D eigenvalue weighted by Crippen LogP contribution is -2.53. The molecule has 1 unspecified atom stereocenters. The Morgan fingerprint density at radius 3 is 2.56 bits per heavy atom. The highest BCUT2D eigenvalue weighted by atomic mass is 16.5. The van der Waals surface area contributed by atoms with Crippen LogP contribution in [0.5, 0.6) is 0 Å². The van der Waals surface area contributed by atoms with Gasteiger partial charge in [-0.05, 0) is 49.0 Å². The molecule has 1 spiro atoms. The normalized spacial score (nSPS) is 26.8. The van der Waals surface area contributed by atoms with Crippen LogP contribution in [0.1, 0.15) is 43.6 Å². The number of rotatable bonds is 4. The number of methoxy groups -OCH3 is 1. The van der Waals surface area contributed by atoms with Crippen molar-refractivity contribution < 1.29 is 9.53 Å². The monoisotopic (exact) mass is 342 g/mol. The molecule has 4 rings (SSSR count). The topological polar surface area (TPSA) is 32.8 Å². The molecule has 0 aromatic heterocycles. The Labute approximate surface area is 151 Å². The van der Waals surface area contributed by atoms with Gasteiger partial charge < -0.3 is 9.64 Å². The number of carbonyl (C=O) groups is 1. The van der Waals surface area contributed by atoms with Crippen LogP contribution in [0.3, 0.4) is 0 Å². The smallest absolute Gasteiger partial charge is 0.248 e. The molecule has 2 saturated heterocycles. The van der Waals surface area contributed by atoms with Crippen molar-refractivity contribution in [2.24, 2.45) is 5.41 Å². The number of hydrogen-bond donors (Lipinski definition) is 0. The van der Waals surface area contributed by atoms with Crippen LogP contribution >= 0.6 is 0 Å². The molecule has 0 N–H and O–H groups in total. The first-order valence-electron chi connectivity index (χ1n) is 9.75. The lowest BCUT2D eigenvalue weighted by atomic mass is 9.68. The second-order valence-electron chi connectivity index (χ2n) is 8.29. The van der Waals surface area contributed by atoms with Gasteiger partial charge in [-0.25, -0.2) is 0 Å². The fourth-order valence-corrected chi connectivity index (χ4v) is 4.90. The molecule has 0 radical (unpaired) electrons. The van der Waals surface area contributed by atoms with E-state index in [1.807, 2.05) is 4.90 Å². The molecular formula is C21H30N2O2. The van der Waals surface area contributed by atoms with Crippen molar-refractivity contribution in [2.45, 2.75) is 44.1 Å². The van der Waals surface area contributed by atoms with E-state index in [9.17, 15) is 4.79 Å². The maximum absolute atomic E-state index is 12.1. The van der Waals surface area contributed by atoms with E-state index in [1.165, 1.54) is 37.9 Å². The minimum absolute atomic E-state index is 0.145. The third kappa shape index (κ3) is 3.75. The Hall–Kier alpha value is -1.39. The summed E-state index contributed by atoms with van der Waals surface area (Å²) >= 11 is 0. The average Bonchev–Trinajstić information content (AvgIpc) is 3.48. The van der Waals surface area contributed by atoms with E-state index >= 15 is 0 Å². The third-order valence-electron chi connectivity index (χ3n) is 6.45. The molecule has 1 atom stereocenters. The van der Waals surface area contributed by atoms with Crippen LogP contribution in [0.15, 0.2) is 30.3 Å². The summed E-state index contributed by atoms with van der Waals surface area (Å²) in [4.78, 5) is 16.9. The van der Waals surface area contributed by atoms with E-state index in [4.69, 9.17) is 4.74 Å². The van der Waals surface area contributed by atoms with Crippen LogP contribution < -0.4 is 0 Å². The largest absolute Gasteiger partial charge is 0.375 e. The molecule has 3 aliphatic rings. The Morgan fingerprint density at radius 1 is 1.20 bits per heavy atom. The molecule has 136 valence electrons. The molecule has 1 aromatic carbocycles. The molecule has 1 saturated carbocycles. The summed E-state index contributed by atoms with van der Waals surface area (Å²) in [5.41, 5.74) is 1.87. The van der Waals surface area contributed by atoms with Gasteiger partial charge in [-0.15, -0.1) is 0 Å². The molecule has 3 fully saturated rings. The van der Waals surface area contributed by atoms with E-state index in [0.29, 0.717) is 11.3 Å². The van der Waals surface area contributed by atoms with Gasteiger partial charge in [0, 0.05) is 39.3 Å². The molecular weight excluding hydrogens is 312 g/mol. The molecule has 4 heteroatoms. The summed E-state index contributed by atoms with van der Waals surface area (Å²) in [5, 5.41) is 0. The predicted octanol–water partition coefficient (Wildman–Crippen LogP) is 2.89. The van der Waals surface area contributed by atoms with Crippen molar-refractivity contribution in [2.75, 3.05) is 39.9 Å². The predicted molar refractivity (Wildman–Crippen MR) is 98.5 cm³/mol. The standard InChI is InChI=1S/C21H30N2O2/c1-25-15-20(24)22-11-9-21(10-12-22)13-18(17-5-3-2-4-6-17)14-23(16-21)19-7-8-19/h2-6,18-19H,7-16H2,1H3. The van der Waals surface area contributed by atoms with Gasteiger partial charge in [0.25, 0.3) is 0 Å². The zero-order valence-electron chi connectivity index (χ0n) is 15.3. The van der Waals surface area contributed by atoms with Crippen molar-refractivity contribution in [1.29, 1.82) is 0 Å². The van der Waals surface area contributed by atoms with Crippen molar-refractivity contribution >= 4 is 5.91 Å². The van der Waals surface area contributed by atoms with Gasteiger partial charge in [-0.2, -0.15) is 0 Å². The lowest BCUT2D eigenvalue weighted by molar-refractivity contribution is -0.138. The van der Waals surface area contributed by atoms with E-state index in [1.54, 1.807) is 7.11 Å². The average molecular weight is 342 g/mol. The van der Waals surface area contributed by atoms with Gasteiger partial charge in [0.05, 0.1) is 0 Å². The molecule has 1 aliphatic carbocycles. The van der Waals surface area contributed by atoms with Gasteiger partial charge in [-0.3, -0.25) is 9.69 Å². The minimum Gasteiger partial charge on any atom is -0.375 e. The Balaban J connectivity index is 1.48. The van der Waals surface area contributed by atoms with E-state index < -0.39 is 0 Å². The molecule has 25 heavy (non-hydrogen) atoms. The molecule has 0 bridgehead atoms. The summed E-state index contributed by atoms with van der Waals surface area (Å²) in [6, 6.07) is 11.9. The quantitative estimate of drug-likeness (QED) is 0.843. The zero-order valence-corrected chi connectivity index (χ0v) is 15.3. The number of nitrogens with zero attached hydrogens (tertiary/aromatic N) is 2. The summed E-state index contributed by atoms with van der Waals surface area (Å²) < 4.78 is 5.03. The van der Waals surface area contributed by atoms with Gasteiger partial charge in [-0.1, -0.05) is 30.3 Å². The maximum atomic E-state index is 12.1. The Bertz CT molecular complexity index is 591. The number of hydrogen-bond acceptors (Lipinski definition) is 3. The van der Waals surface area contributed by atoms with Crippen LogP contribution in [0.25, 0.3) is 0 Å². The highest BCUT2D eigenvalue weighted by Gasteiger charge is 2.45. The first-order chi connectivity index (χ1) is 12.2. The highest BCUT2D eigenvalue weighted by Crippen LogP contribution is 2.47. The Morgan fingerprint density at radius 2 is 1.92 bits per heavy atom. The molecule has 1 amide bonds. The van der Waals surface area contributed by atoms with Gasteiger partial charge in [0.15, 0.2) is 0 Å². The summed E-state index contributed by atoms with van der Waals surface area (Å²) in [6.07, 6.45) is 6.28. The number of benzene rings is 1. The highest BCUT2D eigenvalue weighted by molar-refractivity contribution is 5.77. The number of carbonyl (C=O) groups excluding carboxylic acids is 1. The number of amides is 1. The van der Waals surface area contributed by atoms with E-state index in [-0.39, 0.29) is 12.5 Å². The first-order valence-corrected chi connectivity index (χ1v) is 9.75. The maximum Gasteiger partial charge on any atom is 0.248 e. The van der Waals surface area contributed by atoms with Crippen LogP contribution in [-0.2, 0) is 9.53 Å². The molecule has 4 nitrogen and oxygen atoms in total. The lowest BCUT2D eigenvalue weighted by Gasteiger charge is -2.50. The van der Waals surface area contributed by atoms with Crippen LogP contribution in [0.2, 0.25) is 0 Å². The SMILES string of the molecule is COCC(=O)N1CCC2(CC1)CC(c1ccccc1)CN(C1CC1)C2. The fraction of sp³-hybridized carbons (Fsp3) is 0.667. The summed E-state index contributed by atoms with van der Waals surface area (Å²) in [7, 11) is 1.60. The van der Waals surface area contributed by atoms with Crippen molar-refractivity contribution in [3.63, 3.8) is 0 Å². The zero-order chi connectivity index (χ0) is 17.3. The van der Waals surface area contributed by atoms with Gasteiger partial charge >= 0.3 is 0 Å². The number of ether oxygens (including phenoxy) is 1. The van der Waals surface area contributed by atoms with Crippen LogP contribution in [0.4, 0.5) is 0 Å². The Kier molecular flexibility index (Phi) is 4.83. The van der Waals surface area contributed by atoms with Crippen molar-refractivity contribution in [1.82, 2.24) is 9.80 Å². The number of piperidine rings is 2. The van der Waals surface area contributed by atoms with Crippen LogP contribution in [0, 0.1) is 5.41 Å². The van der Waals surface area contributed by atoms with E-state index in [0.717, 1.165) is 32.0 Å². The summed E-state index contributed by atoms with van der Waals surface area (Å²) in [5.74, 6) is 0.781. The van der Waals surface area contributed by atoms with Gasteiger partial charge in [0.2, 0.25) is 5.91 Å². The molecule has 2 heterocycles. The molecule has 2 aliphatic heterocycles. The minimum atomic E-state index is 0.145. The molecule has 1 aromatic rings. The van der Waals surface area contributed by atoms with Crippen molar-refractivity contribution in [3.8, 4) is 0 Å². The summed E-state index contributed by atoms with van der Waals surface area (Å²) in [6.45, 7) is 4.44. The third-order valence-corrected chi connectivity index (χ3v) is 6.45. The number of likely N-dealkylation sites (tertiary alicyclic amines) is 2. The van der Waals surface area contributed by atoms with Crippen molar-refractivity contribution in [3.05, 3.63) is 35.9 Å². The van der Waals surface area contributed by atoms with E-state index in [2.05, 4.69) is 35.2 Å².